The minimum atomic E-state index is -0.0181. The van der Waals surface area contributed by atoms with Crippen LogP contribution in [0.2, 0.25) is 0 Å². The summed E-state index contributed by atoms with van der Waals surface area (Å²) < 4.78 is 6.30. The first kappa shape index (κ1) is 18.7. The molecule has 1 aromatic heterocycles. The first-order valence-electron chi connectivity index (χ1n) is 10.1. The number of hydrogen-bond donors (Lipinski definition) is 0. The summed E-state index contributed by atoms with van der Waals surface area (Å²) >= 11 is 1.60. The van der Waals surface area contributed by atoms with Crippen LogP contribution in [-0.2, 0) is 11.2 Å². The number of amides is 1. The molecule has 0 aliphatic carbocycles. The van der Waals surface area contributed by atoms with Gasteiger partial charge in [0.1, 0.15) is 0 Å². The molecule has 3 nitrogen and oxygen atoms in total. The van der Waals surface area contributed by atoms with Gasteiger partial charge in [-0.2, -0.15) is 0 Å². The zero-order valence-electron chi connectivity index (χ0n) is 16.4. The lowest BCUT2D eigenvalue weighted by Gasteiger charge is -2.46. The number of carbonyl (C=O) groups excluding carboxylic acids is 1. The van der Waals surface area contributed by atoms with E-state index in [2.05, 4.69) is 38.1 Å². The maximum absolute atomic E-state index is 12.7. The third-order valence-corrected chi connectivity index (χ3v) is 7.14. The lowest BCUT2D eigenvalue weighted by Crippen LogP contribution is -2.50. The number of hydrogen-bond acceptors (Lipinski definition) is 3. The van der Waals surface area contributed by atoms with Gasteiger partial charge in [-0.25, -0.2) is 0 Å². The van der Waals surface area contributed by atoms with Gasteiger partial charge in [0.15, 0.2) is 0 Å². The number of piperidine rings is 1. The smallest absolute Gasteiger partial charge is 0.263 e. The van der Waals surface area contributed by atoms with Crippen LogP contribution in [0.1, 0.15) is 51.4 Å². The van der Waals surface area contributed by atoms with Gasteiger partial charge in [0.05, 0.1) is 10.5 Å². The molecule has 2 saturated heterocycles. The summed E-state index contributed by atoms with van der Waals surface area (Å²) in [7, 11) is 0. The number of ether oxygens (including phenoxy) is 1. The van der Waals surface area contributed by atoms with E-state index in [0.29, 0.717) is 5.92 Å². The monoisotopic (exact) mass is 383 g/mol. The first-order chi connectivity index (χ1) is 13.0. The Labute approximate surface area is 166 Å². The van der Waals surface area contributed by atoms with Crippen molar-refractivity contribution in [3.63, 3.8) is 0 Å². The molecule has 27 heavy (non-hydrogen) atoms. The van der Waals surface area contributed by atoms with Crippen molar-refractivity contribution in [1.29, 1.82) is 0 Å². The van der Waals surface area contributed by atoms with Crippen LogP contribution in [-0.4, -0.2) is 36.1 Å². The molecule has 0 N–H and O–H groups in total. The molecular formula is C23H29NO2S. The summed E-state index contributed by atoms with van der Waals surface area (Å²) in [4.78, 5) is 16.8. The Balaban J connectivity index is 1.35. The molecule has 1 spiro atoms. The van der Waals surface area contributed by atoms with E-state index in [0.717, 1.165) is 56.7 Å². The van der Waals surface area contributed by atoms with Gasteiger partial charge >= 0.3 is 0 Å². The number of rotatable bonds is 3. The van der Waals surface area contributed by atoms with Crippen LogP contribution >= 0.6 is 11.3 Å². The van der Waals surface area contributed by atoms with Gasteiger partial charge in [0.2, 0.25) is 0 Å². The van der Waals surface area contributed by atoms with Crippen molar-refractivity contribution in [1.82, 2.24) is 4.90 Å². The topological polar surface area (TPSA) is 29.5 Å². The van der Waals surface area contributed by atoms with Crippen molar-refractivity contribution in [3.8, 4) is 0 Å². The minimum absolute atomic E-state index is 0.0181. The molecule has 0 saturated carbocycles. The maximum atomic E-state index is 12.7. The van der Waals surface area contributed by atoms with Gasteiger partial charge < -0.3 is 9.64 Å². The van der Waals surface area contributed by atoms with Crippen LogP contribution in [0.25, 0.3) is 0 Å². The lowest BCUT2D eigenvalue weighted by molar-refractivity contribution is -0.123. The molecule has 4 rings (SSSR count). The van der Waals surface area contributed by atoms with Crippen LogP contribution < -0.4 is 0 Å². The Kier molecular flexibility index (Phi) is 5.38. The van der Waals surface area contributed by atoms with Crippen LogP contribution in [0.3, 0.4) is 0 Å². The fraction of sp³-hybridized carbons (Fsp3) is 0.522. The van der Waals surface area contributed by atoms with Gasteiger partial charge in [0.25, 0.3) is 5.91 Å². The Morgan fingerprint density at radius 2 is 1.89 bits per heavy atom. The Morgan fingerprint density at radius 1 is 1.15 bits per heavy atom. The molecule has 2 aliphatic heterocycles. The fourth-order valence-corrected chi connectivity index (χ4v) is 5.37. The van der Waals surface area contributed by atoms with Crippen LogP contribution in [0.4, 0.5) is 0 Å². The van der Waals surface area contributed by atoms with E-state index in [1.807, 2.05) is 17.0 Å². The summed E-state index contributed by atoms with van der Waals surface area (Å²) in [5, 5.41) is 0. The highest BCUT2D eigenvalue weighted by Gasteiger charge is 2.41. The summed E-state index contributed by atoms with van der Waals surface area (Å²) in [5.41, 5.74) is 2.74. The Hall–Kier alpha value is -1.65. The number of nitrogens with zero attached hydrogens (tertiary/aromatic N) is 1. The molecule has 4 heteroatoms. The standard InChI is InChI=1S/C23H29NO2S/c1-17-3-6-19(7-4-17)15-20-9-14-26-23(16-20)10-12-24(13-11-23)22(25)21-8-5-18(2)27-21/h3-8,20H,9-16H2,1-2H3. The van der Waals surface area contributed by atoms with Crippen molar-refractivity contribution < 1.29 is 9.53 Å². The highest BCUT2D eigenvalue weighted by atomic mass is 32.1. The molecule has 1 unspecified atom stereocenters. The van der Waals surface area contributed by atoms with E-state index in [4.69, 9.17) is 4.74 Å². The normalized spacial score (nSPS) is 22.1. The summed E-state index contributed by atoms with van der Waals surface area (Å²) in [6.45, 7) is 6.67. The minimum Gasteiger partial charge on any atom is -0.375 e. The van der Waals surface area contributed by atoms with Crippen LogP contribution in [0.5, 0.6) is 0 Å². The van der Waals surface area contributed by atoms with E-state index in [-0.39, 0.29) is 11.5 Å². The van der Waals surface area contributed by atoms with E-state index < -0.39 is 0 Å². The second kappa shape index (κ2) is 7.76. The molecular weight excluding hydrogens is 354 g/mol. The van der Waals surface area contributed by atoms with Crippen molar-refractivity contribution in [2.75, 3.05) is 19.7 Å². The van der Waals surface area contributed by atoms with Crippen molar-refractivity contribution in [2.24, 2.45) is 5.92 Å². The molecule has 2 aliphatic rings. The van der Waals surface area contributed by atoms with Gasteiger partial charge in [0, 0.05) is 24.6 Å². The second-order valence-electron chi connectivity index (χ2n) is 8.28. The number of aryl methyl sites for hydroxylation is 2. The SMILES string of the molecule is Cc1ccc(CC2CCOC3(CCN(C(=O)c4ccc(C)s4)CC3)C2)cc1. The first-order valence-corrected chi connectivity index (χ1v) is 10.9. The third kappa shape index (κ3) is 4.27. The Bertz CT molecular complexity index is 787. The summed E-state index contributed by atoms with van der Waals surface area (Å²) in [5.74, 6) is 0.874. The highest BCUT2D eigenvalue weighted by Crippen LogP contribution is 2.39. The van der Waals surface area contributed by atoms with Gasteiger partial charge in [-0.3, -0.25) is 4.79 Å². The third-order valence-electron chi connectivity index (χ3n) is 6.15. The van der Waals surface area contributed by atoms with E-state index in [1.165, 1.54) is 16.0 Å². The molecule has 0 radical (unpaired) electrons. The number of likely N-dealkylation sites (tertiary alicyclic amines) is 1. The van der Waals surface area contributed by atoms with E-state index in [1.54, 1.807) is 11.3 Å². The fourth-order valence-electron chi connectivity index (χ4n) is 4.53. The van der Waals surface area contributed by atoms with E-state index in [9.17, 15) is 4.79 Å². The van der Waals surface area contributed by atoms with Gasteiger partial charge in [-0.15, -0.1) is 11.3 Å². The molecule has 0 bridgehead atoms. The molecule has 144 valence electrons. The number of thiophene rings is 1. The molecule has 1 aromatic carbocycles. The average Bonchev–Trinajstić information content (AvgIpc) is 3.10. The Morgan fingerprint density at radius 3 is 2.56 bits per heavy atom. The predicted octanol–water partition coefficient (Wildman–Crippen LogP) is 5.01. The van der Waals surface area contributed by atoms with Gasteiger partial charge in [-0.1, -0.05) is 29.8 Å². The molecule has 3 heterocycles. The van der Waals surface area contributed by atoms with Crippen molar-refractivity contribution in [2.45, 2.75) is 51.6 Å². The molecule has 2 aromatic rings. The van der Waals surface area contributed by atoms with E-state index >= 15 is 0 Å². The van der Waals surface area contributed by atoms with Gasteiger partial charge in [-0.05, 0) is 69.6 Å². The largest absolute Gasteiger partial charge is 0.375 e. The molecule has 1 atom stereocenters. The maximum Gasteiger partial charge on any atom is 0.263 e. The quantitative estimate of drug-likeness (QED) is 0.746. The van der Waals surface area contributed by atoms with Crippen molar-refractivity contribution >= 4 is 17.2 Å². The second-order valence-corrected chi connectivity index (χ2v) is 9.57. The number of benzene rings is 1. The average molecular weight is 384 g/mol. The molecule has 1 amide bonds. The lowest BCUT2D eigenvalue weighted by atomic mass is 9.77. The zero-order valence-corrected chi connectivity index (χ0v) is 17.2. The number of carbonyl (C=O) groups is 1. The predicted molar refractivity (Wildman–Crippen MR) is 110 cm³/mol. The zero-order chi connectivity index (χ0) is 18.9. The molecule has 2 fully saturated rings. The summed E-state index contributed by atoms with van der Waals surface area (Å²) in [6.07, 6.45) is 5.34. The van der Waals surface area contributed by atoms with Crippen LogP contribution in [0, 0.1) is 19.8 Å². The summed E-state index contributed by atoms with van der Waals surface area (Å²) in [6, 6.07) is 12.9. The van der Waals surface area contributed by atoms with Crippen LogP contribution in [0.15, 0.2) is 36.4 Å². The van der Waals surface area contributed by atoms with Crippen molar-refractivity contribution in [3.05, 3.63) is 57.3 Å². The highest BCUT2D eigenvalue weighted by molar-refractivity contribution is 7.13.